The Morgan fingerprint density at radius 1 is 0.283 bits per heavy atom. The second-order valence-electron chi connectivity index (χ2n) is 15.2. The van der Waals surface area contributed by atoms with Gasteiger partial charge in [-0.1, -0.05) is 164 Å². The Morgan fingerprint density at radius 2 is 0.783 bits per heavy atom. The molecule has 12 aromatic rings. The number of hydrogen-bond donors (Lipinski definition) is 0. The summed E-state index contributed by atoms with van der Waals surface area (Å²) in [6.07, 6.45) is 0. The van der Waals surface area contributed by atoms with Crippen molar-refractivity contribution in [2.24, 2.45) is 0 Å². The molecule has 5 nitrogen and oxygen atoms in total. The van der Waals surface area contributed by atoms with Crippen molar-refractivity contribution in [3.63, 3.8) is 0 Å². The van der Waals surface area contributed by atoms with E-state index in [4.69, 9.17) is 15.0 Å². The van der Waals surface area contributed by atoms with Gasteiger partial charge >= 0.3 is 0 Å². The Hall–Kier alpha value is -8.15. The second-order valence-corrected chi connectivity index (χ2v) is 15.2. The first-order chi connectivity index (χ1) is 29.8. The first-order valence-electron chi connectivity index (χ1n) is 20.3. The van der Waals surface area contributed by atoms with Crippen LogP contribution in [0.15, 0.2) is 212 Å². The summed E-state index contributed by atoms with van der Waals surface area (Å²) >= 11 is 0. The molecule has 0 amide bonds. The van der Waals surface area contributed by atoms with Crippen molar-refractivity contribution in [1.29, 1.82) is 0 Å². The predicted octanol–water partition coefficient (Wildman–Crippen LogP) is 13.9. The predicted molar refractivity (Wildman–Crippen MR) is 248 cm³/mol. The number of nitrogens with zero attached hydrogens (tertiary/aromatic N) is 5. The van der Waals surface area contributed by atoms with Gasteiger partial charge in [0.2, 0.25) is 0 Å². The van der Waals surface area contributed by atoms with Crippen LogP contribution >= 0.6 is 0 Å². The van der Waals surface area contributed by atoms with E-state index in [-0.39, 0.29) is 0 Å². The molecule has 9 aromatic carbocycles. The molecule has 12 rings (SSSR count). The second kappa shape index (κ2) is 13.8. The highest BCUT2D eigenvalue weighted by atomic mass is 15.1. The third kappa shape index (κ3) is 5.44. The van der Waals surface area contributed by atoms with Crippen molar-refractivity contribution in [3.05, 3.63) is 212 Å². The van der Waals surface area contributed by atoms with Crippen LogP contribution in [0.4, 0.5) is 0 Å². The zero-order valence-corrected chi connectivity index (χ0v) is 32.4. The number of benzene rings is 9. The monoisotopic (exact) mass is 765 g/mol. The fourth-order valence-corrected chi connectivity index (χ4v) is 9.01. The van der Waals surface area contributed by atoms with Gasteiger partial charge in [0.1, 0.15) is 0 Å². The van der Waals surface area contributed by atoms with Crippen molar-refractivity contribution in [2.75, 3.05) is 0 Å². The smallest absolute Gasteiger partial charge is 0.166 e. The van der Waals surface area contributed by atoms with Crippen molar-refractivity contribution in [3.8, 4) is 56.7 Å². The number of para-hydroxylation sites is 3. The van der Waals surface area contributed by atoms with E-state index >= 15 is 0 Å². The fraction of sp³-hybridized carbons (Fsp3) is 0. The number of rotatable bonds is 6. The van der Waals surface area contributed by atoms with Gasteiger partial charge < -0.3 is 9.13 Å². The van der Waals surface area contributed by atoms with Gasteiger partial charge in [0.15, 0.2) is 17.5 Å². The summed E-state index contributed by atoms with van der Waals surface area (Å²) in [7, 11) is 0. The van der Waals surface area contributed by atoms with Gasteiger partial charge in [0.05, 0.1) is 27.8 Å². The lowest BCUT2D eigenvalue weighted by Crippen LogP contribution is -2.04. The molecule has 0 saturated carbocycles. The summed E-state index contributed by atoms with van der Waals surface area (Å²) in [6.45, 7) is 0. The van der Waals surface area contributed by atoms with Crippen molar-refractivity contribution in [1.82, 2.24) is 24.1 Å². The van der Waals surface area contributed by atoms with E-state index in [1.54, 1.807) is 0 Å². The molecule has 0 atom stereocenters. The van der Waals surface area contributed by atoms with E-state index in [9.17, 15) is 0 Å². The van der Waals surface area contributed by atoms with E-state index in [0.29, 0.717) is 17.5 Å². The normalized spacial score (nSPS) is 11.7. The maximum Gasteiger partial charge on any atom is 0.166 e. The van der Waals surface area contributed by atoms with E-state index < -0.39 is 0 Å². The fourth-order valence-electron chi connectivity index (χ4n) is 9.01. The van der Waals surface area contributed by atoms with E-state index in [1.807, 2.05) is 18.2 Å². The Morgan fingerprint density at radius 3 is 1.52 bits per heavy atom. The third-order valence-electron chi connectivity index (χ3n) is 11.8. The number of fused-ring (bicyclic) bond motifs is 7. The lowest BCUT2D eigenvalue weighted by molar-refractivity contribution is 1.07. The SMILES string of the molecule is c1ccc(-c2ccc(-n3c4ccccc4c4cc5c6ccccc6n(-c6ccccc6-c6nc(-c7ccccc7)nc(-c7cccc8ccccc78)n6)c5cc43)cc2)cc1. The van der Waals surface area contributed by atoms with E-state index in [2.05, 4.69) is 203 Å². The molecule has 0 unspecified atom stereocenters. The quantitative estimate of drug-likeness (QED) is 0.169. The maximum absolute atomic E-state index is 5.30. The lowest BCUT2D eigenvalue weighted by atomic mass is 10.0. The summed E-state index contributed by atoms with van der Waals surface area (Å²) in [5, 5.41) is 7.04. The maximum atomic E-state index is 5.30. The van der Waals surface area contributed by atoms with E-state index in [1.165, 1.54) is 38.2 Å². The zero-order valence-electron chi connectivity index (χ0n) is 32.4. The summed E-state index contributed by atoms with van der Waals surface area (Å²) in [4.78, 5) is 15.7. The first kappa shape index (κ1) is 33.9. The van der Waals surface area contributed by atoms with Crippen LogP contribution in [0.1, 0.15) is 0 Å². The molecule has 60 heavy (non-hydrogen) atoms. The van der Waals surface area contributed by atoms with Crippen LogP contribution in [-0.4, -0.2) is 24.1 Å². The van der Waals surface area contributed by atoms with Crippen LogP contribution in [0.5, 0.6) is 0 Å². The largest absolute Gasteiger partial charge is 0.309 e. The van der Waals surface area contributed by atoms with Gasteiger partial charge in [0, 0.05) is 43.9 Å². The minimum atomic E-state index is 0.613. The Labute approximate surface area is 346 Å². The van der Waals surface area contributed by atoms with Crippen LogP contribution in [-0.2, 0) is 0 Å². The summed E-state index contributed by atoms with van der Waals surface area (Å²) < 4.78 is 4.80. The van der Waals surface area contributed by atoms with Crippen LogP contribution < -0.4 is 0 Å². The zero-order chi connectivity index (χ0) is 39.6. The Kier molecular flexibility index (Phi) is 7.78. The minimum absolute atomic E-state index is 0.613. The standard InChI is InChI=1S/C55H35N5/c1-3-16-36(17-4-1)37-30-32-40(33-31-37)59-48-27-12-9-23-42(48)46-34-47-43-24-10-13-28-49(43)60(52(47)35-51(46)59)50-29-14-11-25-45(50)55-57-53(39-19-5-2-6-20-39)56-54(58-55)44-26-15-21-38-18-7-8-22-41(38)44/h1-35H. The average molecular weight is 766 g/mol. The van der Waals surface area contributed by atoms with Gasteiger partial charge in [-0.3, -0.25) is 0 Å². The molecule has 0 N–H and O–H groups in total. The van der Waals surface area contributed by atoms with Gasteiger partial charge in [-0.15, -0.1) is 0 Å². The molecule has 0 spiro atoms. The van der Waals surface area contributed by atoms with Crippen molar-refractivity contribution < 1.29 is 0 Å². The topological polar surface area (TPSA) is 48.5 Å². The van der Waals surface area contributed by atoms with Crippen LogP contribution in [0, 0.1) is 0 Å². The Bertz CT molecular complexity index is 3580. The lowest BCUT2D eigenvalue weighted by Gasteiger charge is -2.15. The molecular weight excluding hydrogens is 731 g/mol. The molecule has 0 aliphatic carbocycles. The molecule has 0 aliphatic rings. The molecule has 3 aromatic heterocycles. The molecular formula is C55H35N5. The molecule has 5 heteroatoms. The first-order valence-corrected chi connectivity index (χ1v) is 20.3. The van der Waals surface area contributed by atoms with E-state index in [0.717, 1.165) is 55.4 Å². The third-order valence-corrected chi connectivity index (χ3v) is 11.8. The van der Waals surface area contributed by atoms with Crippen molar-refractivity contribution >= 4 is 54.4 Å². The molecule has 0 aliphatic heterocycles. The molecule has 3 heterocycles. The molecule has 0 bridgehead atoms. The Balaban J connectivity index is 1.11. The molecule has 0 saturated heterocycles. The van der Waals surface area contributed by atoms with Crippen LogP contribution in [0.25, 0.3) is 111 Å². The molecule has 0 radical (unpaired) electrons. The highest BCUT2D eigenvalue weighted by Crippen LogP contribution is 2.41. The average Bonchev–Trinajstić information content (AvgIpc) is 3.83. The van der Waals surface area contributed by atoms with Gasteiger partial charge in [-0.05, 0) is 70.4 Å². The summed E-state index contributed by atoms with van der Waals surface area (Å²) in [6, 6.07) is 75.1. The van der Waals surface area contributed by atoms with Gasteiger partial charge in [-0.2, -0.15) is 0 Å². The summed E-state index contributed by atoms with van der Waals surface area (Å²) in [5.74, 6) is 1.88. The minimum Gasteiger partial charge on any atom is -0.309 e. The highest BCUT2D eigenvalue weighted by molar-refractivity contribution is 6.19. The van der Waals surface area contributed by atoms with Crippen LogP contribution in [0.2, 0.25) is 0 Å². The summed E-state index contributed by atoms with van der Waals surface area (Å²) in [5.41, 5.74) is 11.8. The van der Waals surface area contributed by atoms with Crippen LogP contribution in [0.3, 0.4) is 0 Å². The van der Waals surface area contributed by atoms with Crippen molar-refractivity contribution in [2.45, 2.75) is 0 Å². The molecule has 280 valence electrons. The molecule has 0 fully saturated rings. The van der Waals surface area contributed by atoms with Gasteiger partial charge in [-0.25, -0.2) is 15.0 Å². The number of aromatic nitrogens is 5. The number of hydrogen-bond acceptors (Lipinski definition) is 3. The highest BCUT2D eigenvalue weighted by Gasteiger charge is 2.22. The van der Waals surface area contributed by atoms with Gasteiger partial charge in [0.25, 0.3) is 0 Å².